The minimum absolute atomic E-state index is 0.0953. The first-order valence-corrected chi connectivity index (χ1v) is 11.8. The molecule has 1 saturated heterocycles. The molecule has 0 aromatic heterocycles. The van der Waals surface area contributed by atoms with Crippen molar-refractivity contribution in [2.24, 2.45) is 5.92 Å². The molecule has 36 heavy (non-hydrogen) atoms. The molecule has 0 bridgehead atoms. The van der Waals surface area contributed by atoms with Crippen molar-refractivity contribution in [3.8, 4) is 5.75 Å². The average Bonchev–Trinajstić information content (AvgIpc) is 3.26. The van der Waals surface area contributed by atoms with Crippen molar-refractivity contribution in [3.05, 3.63) is 88.2 Å². The van der Waals surface area contributed by atoms with Crippen LogP contribution in [-0.4, -0.2) is 30.9 Å². The third-order valence-corrected chi connectivity index (χ3v) is 6.14. The number of hydrogen-bond acceptors (Lipinski definition) is 4. The van der Waals surface area contributed by atoms with Gasteiger partial charge in [-0.15, -0.1) is 0 Å². The van der Waals surface area contributed by atoms with Crippen LogP contribution in [0.3, 0.4) is 0 Å². The van der Waals surface area contributed by atoms with E-state index in [9.17, 15) is 18.8 Å². The molecule has 0 unspecified atom stereocenters. The maximum Gasteiger partial charge on any atom is 0.262 e. The van der Waals surface area contributed by atoms with Crippen molar-refractivity contribution in [3.63, 3.8) is 0 Å². The van der Waals surface area contributed by atoms with E-state index in [1.807, 2.05) is 12.1 Å². The van der Waals surface area contributed by atoms with Gasteiger partial charge in [0.05, 0.1) is 10.9 Å². The van der Waals surface area contributed by atoms with E-state index in [-0.39, 0.29) is 36.4 Å². The van der Waals surface area contributed by atoms with Gasteiger partial charge in [-0.05, 0) is 60.2 Å². The zero-order valence-electron chi connectivity index (χ0n) is 19.0. The van der Waals surface area contributed by atoms with Crippen LogP contribution in [0.4, 0.5) is 15.8 Å². The number of rotatable bonds is 8. The summed E-state index contributed by atoms with van der Waals surface area (Å²) in [6.07, 6.45) is 0.123. The second kappa shape index (κ2) is 11.4. The van der Waals surface area contributed by atoms with Crippen molar-refractivity contribution in [1.29, 1.82) is 0 Å². The van der Waals surface area contributed by atoms with E-state index in [4.69, 9.17) is 27.9 Å². The zero-order chi connectivity index (χ0) is 25.7. The summed E-state index contributed by atoms with van der Waals surface area (Å²) < 4.78 is 18.7. The van der Waals surface area contributed by atoms with Crippen molar-refractivity contribution in [2.75, 3.05) is 23.4 Å². The second-order valence-corrected chi connectivity index (χ2v) is 9.05. The molecule has 10 heteroatoms. The molecule has 3 aromatic rings. The number of amides is 3. The molecule has 1 aliphatic heterocycles. The van der Waals surface area contributed by atoms with E-state index in [0.717, 1.165) is 11.6 Å². The third kappa shape index (κ3) is 6.53. The summed E-state index contributed by atoms with van der Waals surface area (Å²) >= 11 is 11.6. The van der Waals surface area contributed by atoms with E-state index in [0.29, 0.717) is 28.7 Å². The summed E-state index contributed by atoms with van der Waals surface area (Å²) in [5, 5.41) is 5.96. The van der Waals surface area contributed by atoms with Crippen LogP contribution < -0.4 is 20.3 Å². The van der Waals surface area contributed by atoms with Gasteiger partial charge in [0, 0.05) is 35.9 Å². The van der Waals surface area contributed by atoms with Gasteiger partial charge in [0.15, 0.2) is 6.61 Å². The quantitative estimate of drug-likeness (QED) is 0.437. The fourth-order valence-corrected chi connectivity index (χ4v) is 4.02. The van der Waals surface area contributed by atoms with E-state index >= 15 is 0 Å². The van der Waals surface area contributed by atoms with Crippen LogP contribution in [0.2, 0.25) is 10.0 Å². The maximum absolute atomic E-state index is 13.2. The fraction of sp³-hybridized carbons (Fsp3) is 0.192. The highest BCUT2D eigenvalue weighted by molar-refractivity contribution is 6.31. The van der Waals surface area contributed by atoms with Crippen LogP contribution in [0.25, 0.3) is 0 Å². The molecule has 0 radical (unpaired) electrons. The van der Waals surface area contributed by atoms with Crippen molar-refractivity contribution >= 4 is 52.3 Å². The van der Waals surface area contributed by atoms with Gasteiger partial charge in [0.2, 0.25) is 11.8 Å². The van der Waals surface area contributed by atoms with E-state index < -0.39 is 17.6 Å². The Morgan fingerprint density at radius 1 is 1.03 bits per heavy atom. The van der Waals surface area contributed by atoms with Crippen LogP contribution in [0, 0.1) is 11.7 Å². The highest BCUT2D eigenvalue weighted by Gasteiger charge is 2.35. The normalized spacial score (nSPS) is 15.0. The number of hydrogen-bond donors (Lipinski definition) is 2. The molecule has 1 atom stereocenters. The maximum atomic E-state index is 13.2. The zero-order valence-corrected chi connectivity index (χ0v) is 20.5. The number of nitrogens with one attached hydrogen (secondary N) is 2. The van der Waals surface area contributed by atoms with Gasteiger partial charge in [-0.3, -0.25) is 14.4 Å². The Labute approximate surface area is 217 Å². The largest absolute Gasteiger partial charge is 0.484 e. The number of ether oxygens (including phenoxy) is 1. The lowest BCUT2D eigenvalue weighted by Gasteiger charge is -2.17. The minimum Gasteiger partial charge on any atom is -0.484 e. The fourth-order valence-electron chi connectivity index (χ4n) is 3.71. The molecule has 0 aliphatic carbocycles. The molecule has 3 aromatic carbocycles. The Bertz CT molecular complexity index is 1270. The molecule has 2 N–H and O–H groups in total. The summed E-state index contributed by atoms with van der Waals surface area (Å²) in [4.78, 5) is 38.8. The Balaban J connectivity index is 1.26. The predicted octanol–water partition coefficient (Wildman–Crippen LogP) is 4.82. The predicted molar refractivity (Wildman–Crippen MR) is 136 cm³/mol. The molecular weight excluding hydrogens is 508 g/mol. The Morgan fingerprint density at radius 2 is 1.75 bits per heavy atom. The molecule has 1 fully saturated rings. The molecule has 0 spiro atoms. The van der Waals surface area contributed by atoms with Crippen molar-refractivity contribution in [1.82, 2.24) is 5.32 Å². The monoisotopic (exact) mass is 529 g/mol. The van der Waals surface area contributed by atoms with Gasteiger partial charge in [-0.25, -0.2) is 4.39 Å². The topological polar surface area (TPSA) is 87.7 Å². The second-order valence-electron chi connectivity index (χ2n) is 8.21. The van der Waals surface area contributed by atoms with E-state index in [2.05, 4.69) is 10.6 Å². The van der Waals surface area contributed by atoms with E-state index in [1.54, 1.807) is 41.3 Å². The van der Waals surface area contributed by atoms with E-state index in [1.165, 1.54) is 12.1 Å². The molecule has 186 valence electrons. The lowest BCUT2D eigenvalue weighted by Crippen LogP contribution is -2.32. The lowest BCUT2D eigenvalue weighted by atomic mass is 10.1. The summed E-state index contributed by atoms with van der Waals surface area (Å²) in [7, 11) is 0. The number of nitrogens with zero attached hydrogens (tertiary/aromatic N) is 1. The van der Waals surface area contributed by atoms with Gasteiger partial charge in [0.25, 0.3) is 5.91 Å². The number of anilines is 2. The standard InChI is InChI=1S/C26H22Cl2FN3O4/c27-18-3-1-16(2-4-18)13-30-26(35)17-11-25(34)32(14-17)20-6-8-21(9-7-20)36-15-24(33)31-19-5-10-23(29)22(28)12-19/h1-10,12,17H,11,13-15H2,(H,30,35)(H,31,33)/t17-/m0/s1. The van der Waals surface area contributed by atoms with Gasteiger partial charge in [0.1, 0.15) is 11.6 Å². The minimum atomic E-state index is -0.577. The summed E-state index contributed by atoms with van der Waals surface area (Å²) in [5.41, 5.74) is 1.90. The van der Waals surface area contributed by atoms with Crippen molar-refractivity contribution < 1.29 is 23.5 Å². The Hall–Kier alpha value is -3.62. The SMILES string of the molecule is O=C(COc1ccc(N2C[C@@H](C(=O)NCc3ccc(Cl)cc3)CC2=O)cc1)Nc1ccc(F)c(Cl)c1. The molecule has 3 amide bonds. The molecule has 0 saturated carbocycles. The summed E-state index contributed by atoms with van der Waals surface area (Å²) in [6, 6.07) is 17.7. The lowest BCUT2D eigenvalue weighted by molar-refractivity contribution is -0.126. The van der Waals surface area contributed by atoms with Crippen LogP contribution >= 0.6 is 23.2 Å². The number of carbonyl (C=O) groups is 3. The van der Waals surface area contributed by atoms with Gasteiger partial charge < -0.3 is 20.3 Å². The van der Waals surface area contributed by atoms with Gasteiger partial charge in [-0.2, -0.15) is 0 Å². The Morgan fingerprint density at radius 3 is 2.44 bits per heavy atom. The highest BCUT2D eigenvalue weighted by Crippen LogP contribution is 2.27. The first-order chi connectivity index (χ1) is 17.3. The van der Waals surface area contributed by atoms with Crippen molar-refractivity contribution in [2.45, 2.75) is 13.0 Å². The van der Waals surface area contributed by atoms with Crippen LogP contribution in [0.5, 0.6) is 5.75 Å². The van der Waals surface area contributed by atoms with Gasteiger partial charge in [-0.1, -0.05) is 35.3 Å². The molecule has 1 aliphatic rings. The Kier molecular flexibility index (Phi) is 8.07. The summed E-state index contributed by atoms with van der Waals surface area (Å²) in [5.74, 6) is -1.38. The van der Waals surface area contributed by atoms with Crippen LogP contribution in [0.1, 0.15) is 12.0 Å². The summed E-state index contributed by atoms with van der Waals surface area (Å²) in [6.45, 7) is 0.357. The highest BCUT2D eigenvalue weighted by atomic mass is 35.5. The first kappa shape index (κ1) is 25.5. The van der Waals surface area contributed by atoms with Gasteiger partial charge >= 0.3 is 0 Å². The molecular formula is C26H22Cl2FN3O4. The smallest absolute Gasteiger partial charge is 0.262 e. The third-order valence-electron chi connectivity index (χ3n) is 5.60. The molecule has 1 heterocycles. The number of benzene rings is 3. The van der Waals surface area contributed by atoms with Crippen LogP contribution in [-0.2, 0) is 20.9 Å². The average molecular weight is 530 g/mol. The molecule has 7 nitrogen and oxygen atoms in total. The number of halogens is 3. The number of carbonyl (C=O) groups excluding carboxylic acids is 3. The first-order valence-electron chi connectivity index (χ1n) is 11.1. The molecule has 4 rings (SSSR count). The van der Waals surface area contributed by atoms with Crippen LogP contribution in [0.15, 0.2) is 66.7 Å².